The van der Waals surface area contributed by atoms with Gasteiger partial charge in [-0.25, -0.2) is 0 Å². The first-order valence-electron chi connectivity index (χ1n) is 4.84. The molecule has 88 valence electrons. The van der Waals surface area contributed by atoms with Gasteiger partial charge in [0.2, 0.25) is 0 Å². The van der Waals surface area contributed by atoms with Crippen LogP contribution in [0.4, 0.5) is 17.1 Å². The minimum absolute atomic E-state index is 0.454. The molecule has 2 nitrogen and oxygen atoms in total. The van der Waals surface area contributed by atoms with Crippen LogP contribution in [0.15, 0.2) is 36.4 Å². The molecule has 2 aromatic rings. The summed E-state index contributed by atoms with van der Waals surface area (Å²) >= 11 is 18.2. The van der Waals surface area contributed by atoms with E-state index in [0.29, 0.717) is 26.4 Å². The SMILES string of the molecule is Nc1cc(Cl)c(Nc2ccccc2Cl)c(Cl)c1. The quantitative estimate of drug-likeness (QED) is 0.765. The van der Waals surface area contributed by atoms with Crippen LogP contribution in [0.5, 0.6) is 0 Å². The topological polar surface area (TPSA) is 38.0 Å². The van der Waals surface area contributed by atoms with E-state index in [1.54, 1.807) is 18.2 Å². The van der Waals surface area contributed by atoms with Crippen molar-refractivity contribution in [3.05, 3.63) is 51.5 Å². The van der Waals surface area contributed by atoms with Crippen LogP contribution in [0.1, 0.15) is 0 Å². The number of benzene rings is 2. The molecule has 2 rings (SSSR count). The summed E-state index contributed by atoms with van der Waals surface area (Å²) in [6.07, 6.45) is 0. The van der Waals surface area contributed by atoms with Gasteiger partial charge in [-0.05, 0) is 24.3 Å². The van der Waals surface area contributed by atoms with Crippen LogP contribution in [0.3, 0.4) is 0 Å². The Balaban J connectivity index is 2.40. The number of hydrogen-bond acceptors (Lipinski definition) is 2. The van der Waals surface area contributed by atoms with Crippen molar-refractivity contribution in [1.29, 1.82) is 0 Å². The summed E-state index contributed by atoms with van der Waals surface area (Å²) in [6, 6.07) is 10.6. The Morgan fingerprint density at radius 3 is 2.06 bits per heavy atom. The molecule has 0 aliphatic heterocycles. The molecule has 0 radical (unpaired) electrons. The summed E-state index contributed by atoms with van der Waals surface area (Å²) in [5, 5.41) is 4.59. The molecule has 0 atom stereocenters. The van der Waals surface area contributed by atoms with Gasteiger partial charge in [-0.15, -0.1) is 0 Å². The first-order valence-corrected chi connectivity index (χ1v) is 5.97. The van der Waals surface area contributed by atoms with E-state index < -0.39 is 0 Å². The second-order valence-electron chi connectivity index (χ2n) is 3.46. The highest BCUT2D eigenvalue weighted by molar-refractivity contribution is 6.40. The fourth-order valence-corrected chi connectivity index (χ4v) is 2.19. The molecule has 0 fully saturated rings. The zero-order valence-corrected chi connectivity index (χ0v) is 10.9. The predicted octanol–water partition coefficient (Wildman–Crippen LogP) is 4.97. The molecule has 0 aliphatic rings. The molecule has 0 spiro atoms. The number of nitrogens with one attached hydrogen (secondary N) is 1. The molecule has 3 N–H and O–H groups in total. The highest BCUT2D eigenvalue weighted by Crippen LogP contribution is 2.36. The first kappa shape index (κ1) is 12.4. The maximum absolute atomic E-state index is 6.07. The number of para-hydroxylation sites is 1. The average Bonchev–Trinajstić information content (AvgIpc) is 2.25. The fraction of sp³-hybridized carbons (Fsp3) is 0. The van der Waals surface area contributed by atoms with Crippen molar-refractivity contribution < 1.29 is 0 Å². The van der Waals surface area contributed by atoms with Crippen LogP contribution in [0, 0.1) is 0 Å². The lowest BCUT2D eigenvalue weighted by atomic mass is 10.2. The standard InChI is InChI=1S/C12H9Cl3N2/c13-8-3-1-2-4-11(8)17-12-9(14)5-7(16)6-10(12)15/h1-6,17H,16H2. The third-order valence-corrected chi connectivity index (χ3v) is 3.12. The number of nitrogens with two attached hydrogens (primary N) is 1. The average molecular weight is 288 g/mol. The number of anilines is 3. The van der Waals surface area contributed by atoms with Gasteiger partial charge in [0.1, 0.15) is 0 Å². The van der Waals surface area contributed by atoms with Crippen molar-refractivity contribution >= 4 is 51.9 Å². The molecule has 0 amide bonds. The van der Waals surface area contributed by atoms with Gasteiger partial charge >= 0.3 is 0 Å². The summed E-state index contributed by atoms with van der Waals surface area (Å²) in [6.45, 7) is 0. The van der Waals surface area contributed by atoms with E-state index >= 15 is 0 Å². The summed E-state index contributed by atoms with van der Waals surface area (Å²) < 4.78 is 0. The molecule has 2 aromatic carbocycles. The number of halogens is 3. The smallest absolute Gasteiger partial charge is 0.0764 e. The Morgan fingerprint density at radius 1 is 0.882 bits per heavy atom. The van der Waals surface area contributed by atoms with Crippen LogP contribution >= 0.6 is 34.8 Å². The molecule has 0 saturated heterocycles. The minimum atomic E-state index is 0.454. The number of rotatable bonds is 2. The molecule has 0 aromatic heterocycles. The maximum Gasteiger partial charge on any atom is 0.0764 e. The Bertz CT molecular complexity index is 532. The zero-order chi connectivity index (χ0) is 12.4. The van der Waals surface area contributed by atoms with Gasteiger partial charge in [-0.2, -0.15) is 0 Å². The third-order valence-electron chi connectivity index (χ3n) is 2.20. The van der Waals surface area contributed by atoms with Gasteiger partial charge in [0.05, 0.1) is 26.4 Å². The van der Waals surface area contributed by atoms with E-state index in [1.165, 1.54) is 0 Å². The molecule has 0 saturated carbocycles. The Hall–Kier alpha value is -1.09. The molecular weight excluding hydrogens is 279 g/mol. The lowest BCUT2D eigenvalue weighted by molar-refractivity contribution is 1.55. The van der Waals surface area contributed by atoms with Gasteiger partial charge in [0, 0.05) is 5.69 Å². The molecule has 0 unspecified atom stereocenters. The summed E-state index contributed by atoms with van der Waals surface area (Å²) in [7, 11) is 0. The molecule has 0 heterocycles. The molecule has 5 heteroatoms. The number of nitrogen functional groups attached to an aromatic ring is 1. The van der Waals surface area contributed by atoms with Crippen LogP contribution in [0.25, 0.3) is 0 Å². The molecule has 17 heavy (non-hydrogen) atoms. The van der Waals surface area contributed by atoms with E-state index in [9.17, 15) is 0 Å². The van der Waals surface area contributed by atoms with E-state index in [0.717, 1.165) is 5.69 Å². The Labute approximate surface area is 114 Å². The zero-order valence-electron chi connectivity index (χ0n) is 8.68. The molecule has 0 aliphatic carbocycles. The predicted molar refractivity (Wildman–Crippen MR) is 75.6 cm³/mol. The van der Waals surface area contributed by atoms with Crippen molar-refractivity contribution in [3.8, 4) is 0 Å². The van der Waals surface area contributed by atoms with Crippen molar-refractivity contribution in [1.82, 2.24) is 0 Å². The van der Waals surface area contributed by atoms with Gasteiger partial charge in [0.15, 0.2) is 0 Å². The Morgan fingerprint density at radius 2 is 1.47 bits per heavy atom. The monoisotopic (exact) mass is 286 g/mol. The maximum atomic E-state index is 6.07. The molecule has 0 bridgehead atoms. The summed E-state index contributed by atoms with van der Waals surface area (Å²) in [5.41, 5.74) is 7.48. The van der Waals surface area contributed by atoms with E-state index in [4.69, 9.17) is 40.5 Å². The molecular formula is C12H9Cl3N2. The van der Waals surface area contributed by atoms with Crippen molar-refractivity contribution in [2.75, 3.05) is 11.1 Å². The highest BCUT2D eigenvalue weighted by Gasteiger charge is 2.09. The summed E-state index contributed by atoms with van der Waals surface area (Å²) in [4.78, 5) is 0. The first-order chi connectivity index (χ1) is 8.08. The second kappa shape index (κ2) is 5.05. The fourth-order valence-electron chi connectivity index (χ4n) is 1.41. The summed E-state index contributed by atoms with van der Waals surface area (Å²) in [5.74, 6) is 0. The van der Waals surface area contributed by atoms with E-state index in [1.807, 2.05) is 18.2 Å². The third kappa shape index (κ3) is 2.78. The van der Waals surface area contributed by atoms with E-state index in [2.05, 4.69) is 5.32 Å². The van der Waals surface area contributed by atoms with E-state index in [-0.39, 0.29) is 0 Å². The van der Waals surface area contributed by atoms with Crippen LogP contribution in [-0.2, 0) is 0 Å². The largest absolute Gasteiger partial charge is 0.399 e. The van der Waals surface area contributed by atoms with Gasteiger partial charge in [-0.3, -0.25) is 0 Å². The lowest BCUT2D eigenvalue weighted by Crippen LogP contribution is -1.95. The highest BCUT2D eigenvalue weighted by atomic mass is 35.5. The minimum Gasteiger partial charge on any atom is -0.399 e. The van der Waals surface area contributed by atoms with Gasteiger partial charge < -0.3 is 11.1 Å². The number of hydrogen-bond donors (Lipinski definition) is 2. The second-order valence-corrected chi connectivity index (χ2v) is 4.69. The lowest BCUT2D eigenvalue weighted by Gasteiger charge is -2.12. The van der Waals surface area contributed by atoms with Gasteiger partial charge in [0.25, 0.3) is 0 Å². The van der Waals surface area contributed by atoms with Crippen molar-refractivity contribution in [3.63, 3.8) is 0 Å². The van der Waals surface area contributed by atoms with Crippen LogP contribution in [0.2, 0.25) is 15.1 Å². The van der Waals surface area contributed by atoms with Gasteiger partial charge in [-0.1, -0.05) is 46.9 Å². The normalized spacial score (nSPS) is 10.3. The van der Waals surface area contributed by atoms with Crippen LogP contribution < -0.4 is 11.1 Å². The van der Waals surface area contributed by atoms with Crippen molar-refractivity contribution in [2.45, 2.75) is 0 Å². The Kier molecular flexibility index (Phi) is 3.67. The van der Waals surface area contributed by atoms with Crippen molar-refractivity contribution in [2.24, 2.45) is 0 Å². The van der Waals surface area contributed by atoms with Crippen LogP contribution in [-0.4, -0.2) is 0 Å².